The molecule has 41 heavy (non-hydrogen) atoms. The molecule has 0 unspecified atom stereocenters. The molecule has 4 nitrogen and oxygen atoms in total. The number of benzene rings is 4. The highest BCUT2D eigenvalue weighted by atomic mass is 28.1. The minimum atomic E-state index is 0.782. The number of anilines is 3. The van der Waals surface area contributed by atoms with Crippen LogP contribution in [0.3, 0.4) is 0 Å². The predicted molar refractivity (Wildman–Crippen MR) is 172 cm³/mol. The van der Waals surface area contributed by atoms with Gasteiger partial charge in [-0.1, -0.05) is 97.1 Å². The molecule has 0 N–H and O–H groups in total. The van der Waals surface area contributed by atoms with Crippen LogP contribution in [0.5, 0.6) is 0 Å². The highest BCUT2D eigenvalue weighted by Gasteiger charge is 2.18. The molecule has 193 valence electrons. The third kappa shape index (κ3) is 4.73. The molecule has 3 heterocycles. The van der Waals surface area contributed by atoms with Crippen molar-refractivity contribution in [3.05, 3.63) is 157 Å². The highest BCUT2D eigenvalue weighted by Crippen LogP contribution is 2.35. The maximum absolute atomic E-state index is 5.27. The number of rotatable bonds is 6. The molecule has 0 bridgehead atoms. The van der Waals surface area contributed by atoms with Crippen LogP contribution in [0, 0.1) is 0 Å². The Bertz CT molecular complexity index is 2020. The third-order valence-electron chi connectivity index (χ3n) is 7.20. The second-order valence-electron chi connectivity index (χ2n) is 9.76. The first kappa shape index (κ1) is 24.8. The van der Waals surface area contributed by atoms with E-state index in [4.69, 9.17) is 9.97 Å². The molecule has 0 fully saturated rings. The average Bonchev–Trinajstić information content (AvgIpc) is 3.05. The molecule has 7 aromatic rings. The summed E-state index contributed by atoms with van der Waals surface area (Å²) in [5.74, 6) is 1.58. The number of nitrogens with zero attached hydrogens (tertiary/aromatic N) is 4. The largest absolute Gasteiger partial charge is 0.279 e. The molecule has 3 aromatic heterocycles. The Morgan fingerprint density at radius 2 is 1.22 bits per heavy atom. The third-order valence-corrected chi connectivity index (χ3v) is 7.84. The first-order valence-corrected chi connectivity index (χ1v) is 14.1. The highest BCUT2D eigenvalue weighted by molar-refractivity contribution is 6.50. The van der Waals surface area contributed by atoms with E-state index in [-0.39, 0.29) is 0 Å². The maximum Gasteiger partial charge on any atom is 0.139 e. The SMILES string of the molecule is [SiH]=C(c1ccccc1)c1cccc2ccc(N(c3ccccc3)c3cccc(-c4cccc5cccnc45)n3)nc12. The molecule has 0 saturated heterocycles. The van der Waals surface area contributed by atoms with E-state index >= 15 is 0 Å². The molecule has 4 aromatic carbocycles. The number of fused-ring (bicyclic) bond motifs is 2. The molecule has 0 aliphatic heterocycles. The van der Waals surface area contributed by atoms with Crippen LogP contribution in [0.25, 0.3) is 33.1 Å². The Labute approximate surface area is 241 Å². The van der Waals surface area contributed by atoms with Crippen LogP contribution in [-0.2, 0) is 0 Å². The molecule has 7 rings (SSSR count). The molecule has 0 atom stereocenters. The molecular weight excluding hydrogens is 517 g/mol. The summed E-state index contributed by atoms with van der Waals surface area (Å²) in [6.07, 6.45) is 1.83. The van der Waals surface area contributed by atoms with Crippen LogP contribution < -0.4 is 4.90 Å². The minimum Gasteiger partial charge on any atom is -0.279 e. The van der Waals surface area contributed by atoms with Gasteiger partial charge in [0.1, 0.15) is 11.6 Å². The van der Waals surface area contributed by atoms with Crippen molar-refractivity contribution in [3.8, 4) is 11.3 Å². The summed E-state index contributed by atoms with van der Waals surface area (Å²) in [6, 6.07) is 47.6. The number of hydrogen-bond acceptors (Lipinski definition) is 4. The Morgan fingerprint density at radius 1 is 0.537 bits per heavy atom. The lowest BCUT2D eigenvalue weighted by atomic mass is 10.0. The van der Waals surface area contributed by atoms with Crippen molar-refractivity contribution in [3.63, 3.8) is 0 Å². The second kappa shape index (κ2) is 10.7. The van der Waals surface area contributed by atoms with E-state index in [2.05, 4.69) is 111 Å². The standard InChI is InChI=1S/C36H25N4Si/c41-36(27-11-3-1-4-12-27)30-19-8-14-26-22-23-33(39-35(26)30)40(28-16-5-2-6-17-28)32-21-9-20-31(38-32)29-18-7-13-25-15-10-24-37-34(25)29/h1-24,41H. The Kier molecular flexibility index (Phi) is 6.47. The molecule has 0 spiro atoms. The van der Waals surface area contributed by atoms with E-state index in [1.54, 1.807) is 0 Å². The zero-order valence-electron chi connectivity index (χ0n) is 22.2. The van der Waals surface area contributed by atoms with Crippen LogP contribution in [-0.4, -0.2) is 30.0 Å². The molecule has 5 heteroatoms. The molecule has 1 radical (unpaired) electrons. The number of para-hydroxylation sites is 3. The van der Waals surface area contributed by atoms with E-state index in [9.17, 15) is 0 Å². The first-order chi connectivity index (χ1) is 20.3. The topological polar surface area (TPSA) is 41.9 Å². The summed E-state index contributed by atoms with van der Waals surface area (Å²) in [4.78, 5) is 17.2. The lowest BCUT2D eigenvalue weighted by molar-refractivity contribution is 1.14. The van der Waals surface area contributed by atoms with Gasteiger partial charge in [-0.05, 0) is 53.2 Å². The van der Waals surface area contributed by atoms with Crippen molar-refractivity contribution >= 4 is 54.2 Å². The van der Waals surface area contributed by atoms with Gasteiger partial charge in [-0.3, -0.25) is 9.88 Å². The van der Waals surface area contributed by atoms with Gasteiger partial charge >= 0.3 is 0 Å². The summed E-state index contributed by atoms with van der Waals surface area (Å²) >= 11 is 0. The van der Waals surface area contributed by atoms with Gasteiger partial charge in [0.2, 0.25) is 0 Å². The molecule has 0 aliphatic rings. The van der Waals surface area contributed by atoms with Gasteiger partial charge in [0.15, 0.2) is 0 Å². The van der Waals surface area contributed by atoms with Crippen molar-refractivity contribution in [1.29, 1.82) is 0 Å². The normalized spacial score (nSPS) is 11.0. The predicted octanol–water partition coefficient (Wildman–Crippen LogP) is 7.78. The van der Waals surface area contributed by atoms with Gasteiger partial charge in [0, 0.05) is 43.6 Å². The lowest BCUT2D eigenvalue weighted by Gasteiger charge is -2.24. The van der Waals surface area contributed by atoms with Crippen LogP contribution >= 0.6 is 0 Å². The van der Waals surface area contributed by atoms with Gasteiger partial charge in [0.05, 0.1) is 16.7 Å². The van der Waals surface area contributed by atoms with Gasteiger partial charge in [-0.2, -0.15) is 0 Å². The van der Waals surface area contributed by atoms with E-state index in [1.807, 2.05) is 54.7 Å². The number of pyridine rings is 3. The number of hydrogen-bond donors (Lipinski definition) is 0. The Balaban J connectivity index is 1.39. The average molecular weight is 542 g/mol. The molecular formula is C36H25N4Si. The van der Waals surface area contributed by atoms with E-state index < -0.39 is 0 Å². The summed E-state index contributed by atoms with van der Waals surface area (Å²) in [7, 11) is 2.92. The summed E-state index contributed by atoms with van der Waals surface area (Å²) in [5.41, 5.74) is 6.94. The monoisotopic (exact) mass is 541 g/mol. The fourth-order valence-corrected chi connectivity index (χ4v) is 5.64. The van der Waals surface area contributed by atoms with Crippen molar-refractivity contribution < 1.29 is 0 Å². The Morgan fingerprint density at radius 3 is 2.05 bits per heavy atom. The summed E-state index contributed by atoms with van der Waals surface area (Å²) in [6.45, 7) is 0. The lowest BCUT2D eigenvalue weighted by Crippen LogP contribution is -2.14. The fourth-order valence-electron chi connectivity index (χ4n) is 5.22. The summed E-state index contributed by atoms with van der Waals surface area (Å²) in [5, 5.41) is 3.28. The van der Waals surface area contributed by atoms with Crippen LogP contribution in [0.2, 0.25) is 0 Å². The summed E-state index contributed by atoms with van der Waals surface area (Å²) < 4.78 is 0. The van der Waals surface area contributed by atoms with E-state index in [1.165, 1.54) is 0 Å². The van der Waals surface area contributed by atoms with Crippen molar-refractivity contribution in [2.24, 2.45) is 0 Å². The van der Waals surface area contributed by atoms with E-state index in [0.717, 1.165) is 66.7 Å². The van der Waals surface area contributed by atoms with Crippen LogP contribution in [0.15, 0.2) is 146 Å². The van der Waals surface area contributed by atoms with Gasteiger partial charge < -0.3 is 0 Å². The maximum atomic E-state index is 5.27. The molecule has 0 amide bonds. The molecule has 0 aliphatic carbocycles. The zero-order valence-corrected chi connectivity index (χ0v) is 23.4. The minimum absolute atomic E-state index is 0.782. The molecule has 0 saturated carbocycles. The Hall–Kier alpha value is -5.26. The quantitative estimate of drug-likeness (QED) is 0.202. The van der Waals surface area contributed by atoms with Crippen LogP contribution in [0.1, 0.15) is 11.1 Å². The van der Waals surface area contributed by atoms with Gasteiger partial charge in [-0.15, -0.1) is 0 Å². The van der Waals surface area contributed by atoms with Gasteiger partial charge in [0.25, 0.3) is 0 Å². The first-order valence-electron chi connectivity index (χ1n) is 13.5. The van der Waals surface area contributed by atoms with Gasteiger partial charge in [-0.25, -0.2) is 9.97 Å². The smallest absolute Gasteiger partial charge is 0.139 e. The van der Waals surface area contributed by atoms with Crippen molar-refractivity contribution in [2.75, 3.05) is 4.90 Å². The second-order valence-corrected chi connectivity index (χ2v) is 10.3. The van der Waals surface area contributed by atoms with Crippen molar-refractivity contribution in [2.45, 2.75) is 0 Å². The fraction of sp³-hybridized carbons (Fsp3) is 0. The zero-order chi connectivity index (χ0) is 27.6. The van der Waals surface area contributed by atoms with Crippen molar-refractivity contribution in [1.82, 2.24) is 15.0 Å². The van der Waals surface area contributed by atoms with E-state index in [0.29, 0.717) is 0 Å². The van der Waals surface area contributed by atoms with Crippen LogP contribution in [0.4, 0.5) is 17.3 Å². The number of aromatic nitrogens is 3.